The summed E-state index contributed by atoms with van der Waals surface area (Å²) in [4.78, 5) is 21.9. The Kier molecular flexibility index (Phi) is 4.94. The number of carbonyl (C=O) groups is 1. The lowest BCUT2D eigenvalue weighted by Crippen LogP contribution is -2.69. The van der Waals surface area contributed by atoms with Crippen LogP contribution in [0.4, 0.5) is 9.18 Å². The Balaban J connectivity index is 1.36. The first kappa shape index (κ1) is 20.7. The zero-order chi connectivity index (χ0) is 23.1. The number of amides is 1. The number of nitrogens with zero attached hydrogens (tertiary/aromatic N) is 2. The number of H-pyrrole nitrogens is 1. The number of fused-ring (bicyclic) bond motifs is 1. The SMILES string of the molecule is O=C1OC2(Cc3ccccc3)CC(c3cc(-c4ccncc4)c(-c4ccc(F)cc4)[nH]3)CCN12. The van der Waals surface area contributed by atoms with E-state index in [2.05, 4.69) is 28.2 Å². The standard InChI is InChI=1S/C28H24FN3O2/c29-23-8-6-21(7-9-23)26-24(20-10-13-30-14-11-20)16-25(31-26)22-12-15-32-27(33)34-28(32,18-22)17-19-4-2-1-3-5-19/h1-11,13-14,16,22,31H,12,15,17-18H2. The summed E-state index contributed by atoms with van der Waals surface area (Å²) < 4.78 is 19.4. The first-order valence-corrected chi connectivity index (χ1v) is 11.6. The molecule has 0 saturated carbocycles. The Hall–Kier alpha value is -3.93. The minimum atomic E-state index is -0.612. The molecule has 1 amide bonds. The molecule has 34 heavy (non-hydrogen) atoms. The van der Waals surface area contributed by atoms with Crippen LogP contribution < -0.4 is 0 Å². The molecule has 6 heteroatoms. The molecule has 1 N–H and O–H groups in total. The summed E-state index contributed by atoms with van der Waals surface area (Å²) >= 11 is 0. The lowest BCUT2D eigenvalue weighted by atomic mass is 9.81. The molecular formula is C28H24FN3O2. The molecular weight excluding hydrogens is 429 g/mol. The van der Waals surface area contributed by atoms with Gasteiger partial charge in [-0.3, -0.25) is 9.88 Å². The van der Waals surface area contributed by atoms with Crippen molar-refractivity contribution in [2.45, 2.75) is 30.9 Å². The fourth-order valence-corrected chi connectivity index (χ4v) is 5.30. The van der Waals surface area contributed by atoms with E-state index in [9.17, 15) is 9.18 Å². The predicted octanol–water partition coefficient (Wildman–Crippen LogP) is 6.15. The van der Waals surface area contributed by atoms with E-state index in [0.29, 0.717) is 19.4 Å². The molecule has 0 bridgehead atoms. The lowest BCUT2D eigenvalue weighted by molar-refractivity contribution is -0.206. The molecule has 0 spiro atoms. The normalized spacial score (nSPS) is 21.5. The van der Waals surface area contributed by atoms with E-state index in [0.717, 1.165) is 40.1 Å². The Morgan fingerprint density at radius 2 is 1.79 bits per heavy atom. The number of ether oxygens (including phenoxy) is 1. The van der Waals surface area contributed by atoms with Gasteiger partial charge in [0.05, 0.1) is 5.69 Å². The van der Waals surface area contributed by atoms with Crippen molar-refractivity contribution in [1.29, 1.82) is 0 Å². The fourth-order valence-electron chi connectivity index (χ4n) is 5.30. The van der Waals surface area contributed by atoms with Crippen LogP contribution in [0.5, 0.6) is 0 Å². The van der Waals surface area contributed by atoms with Gasteiger partial charge >= 0.3 is 6.09 Å². The Morgan fingerprint density at radius 3 is 2.53 bits per heavy atom. The van der Waals surface area contributed by atoms with Crippen molar-refractivity contribution in [2.75, 3.05) is 6.54 Å². The van der Waals surface area contributed by atoms with Crippen LogP contribution in [0, 0.1) is 5.82 Å². The highest BCUT2D eigenvalue weighted by Gasteiger charge is 2.57. The van der Waals surface area contributed by atoms with E-state index in [1.807, 2.05) is 35.2 Å². The summed E-state index contributed by atoms with van der Waals surface area (Å²) in [5.41, 5.74) is 5.60. The number of hydrogen-bond acceptors (Lipinski definition) is 3. The number of aromatic amines is 1. The fraction of sp³-hybridized carbons (Fsp3) is 0.214. The number of piperidine rings is 1. The molecule has 2 aromatic heterocycles. The minimum Gasteiger partial charge on any atom is -0.422 e. The number of rotatable bonds is 5. The van der Waals surface area contributed by atoms with Crippen molar-refractivity contribution in [3.05, 3.63) is 102 Å². The second-order valence-electron chi connectivity index (χ2n) is 9.07. The predicted molar refractivity (Wildman–Crippen MR) is 127 cm³/mol. The number of carbonyl (C=O) groups excluding carboxylic acids is 1. The molecule has 5 nitrogen and oxygen atoms in total. The second-order valence-corrected chi connectivity index (χ2v) is 9.07. The number of nitrogens with one attached hydrogen (secondary N) is 1. The zero-order valence-electron chi connectivity index (χ0n) is 18.6. The molecule has 2 atom stereocenters. The molecule has 2 aliphatic rings. The van der Waals surface area contributed by atoms with Crippen LogP contribution in [-0.2, 0) is 11.2 Å². The quantitative estimate of drug-likeness (QED) is 0.394. The molecule has 4 heterocycles. The average molecular weight is 454 g/mol. The van der Waals surface area contributed by atoms with Gasteiger partial charge in [-0.2, -0.15) is 0 Å². The van der Waals surface area contributed by atoms with E-state index in [-0.39, 0.29) is 17.8 Å². The summed E-state index contributed by atoms with van der Waals surface area (Å²) in [7, 11) is 0. The van der Waals surface area contributed by atoms with Crippen molar-refractivity contribution in [3.8, 4) is 22.4 Å². The smallest absolute Gasteiger partial charge is 0.415 e. The first-order chi connectivity index (χ1) is 16.6. The molecule has 2 aliphatic heterocycles. The van der Waals surface area contributed by atoms with Crippen LogP contribution in [0.15, 0.2) is 85.2 Å². The van der Waals surface area contributed by atoms with Gasteiger partial charge in [0.25, 0.3) is 0 Å². The highest BCUT2D eigenvalue weighted by molar-refractivity contribution is 5.82. The molecule has 4 aromatic rings. The van der Waals surface area contributed by atoms with Crippen LogP contribution in [0.2, 0.25) is 0 Å². The third-order valence-corrected chi connectivity index (χ3v) is 6.98. The third kappa shape index (κ3) is 3.55. The molecule has 2 unspecified atom stereocenters. The largest absolute Gasteiger partial charge is 0.422 e. The van der Waals surface area contributed by atoms with Crippen molar-refractivity contribution < 1.29 is 13.9 Å². The maximum absolute atomic E-state index is 13.6. The molecule has 170 valence electrons. The first-order valence-electron chi connectivity index (χ1n) is 11.6. The summed E-state index contributed by atoms with van der Waals surface area (Å²) in [6.45, 7) is 0.659. The van der Waals surface area contributed by atoms with Crippen molar-refractivity contribution in [2.24, 2.45) is 0 Å². The molecule has 6 rings (SSSR count). The van der Waals surface area contributed by atoms with Crippen molar-refractivity contribution in [3.63, 3.8) is 0 Å². The highest BCUT2D eigenvalue weighted by Crippen LogP contribution is 2.47. The van der Waals surface area contributed by atoms with Crippen LogP contribution >= 0.6 is 0 Å². The number of pyridine rings is 1. The topological polar surface area (TPSA) is 58.2 Å². The average Bonchev–Trinajstić information content (AvgIpc) is 3.30. The maximum atomic E-state index is 13.6. The van der Waals surface area contributed by atoms with Crippen molar-refractivity contribution >= 4 is 6.09 Å². The molecule has 0 aliphatic carbocycles. The monoisotopic (exact) mass is 453 g/mol. The molecule has 0 radical (unpaired) electrons. The minimum absolute atomic E-state index is 0.197. The van der Waals surface area contributed by atoms with E-state index >= 15 is 0 Å². The van der Waals surface area contributed by atoms with Crippen LogP contribution in [0.3, 0.4) is 0 Å². The van der Waals surface area contributed by atoms with Gasteiger partial charge in [0, 0.05) is 49.0 Å². The van der Waals surface area contributed by atoms with E-state index in [1.165, 1.54) is 12.1 Å². The van der Waals surface area contributed by atoms with Gasteiger partial charge in [0.2, 0.25) is 0 Å². The van der Waals surface area contributed by atoms with Gasteiger partial charge in [-0.05, 0) is 65.6 Å². The van der Waals surface area contributed by atoms with E-state index in [4.69, 9.17) is 4.74 Å². The third-order valence-electron chi connectivity index (χ3n) is 6.98. The zero-order valence-corrected chi connectivity index (χ0v) is 18.6. The number of benzene rings is 2. The number of hydrogen-bond donors (Lipinski definition) is 1. The Labute approximate surface area is 197 Å². The molecule has 2 saturated heterocycles. The maximum Gasteiger partial charge on any atom is 0.415 e. The highest BCUT2D eigenvalue weighted by atomic mass is 19.1. The van der Waals surface area contributed by atoms with Gasteiger partial charge in [0.15, 0.2) is 5.72 Å². The van der Waals surface area contributed by atoms with Crippen LogP contribution in [0.1, 0.15) is 30.0 Å². The summed E-state index contributed by atoms with van der Waals surface area (Å²) in [5, 5.41) is 0. The van der Waals surface area contributed by atoms with Crippen molar-refractivity contribution in [1.82, 2.24) is 14.9 Å². The summed E-state index contributed by atoms with van der Waals surface area (Å²) in [6, 6.07) is 22.9. The van der Waals surface area contributed by atoms with Gasteiger partial charge in [-0.15, -0.1) is 0 Å². The van der Waals surface area contributed by atoms with Gasteiger partial charge < -0.3 is 9.72 Å². The second kappa shape index (κ2) is 8.13. The molecule has 2 aromatic carbocycles. The number of halogens is 1. The van der Waals surface area contributed by atoms with E-state index < -0.39 is 5.72 Å². The van der Waals surface area contributed by atoms with Crippen LogP contribution in [-0.4, -0.2) is 33.2 Å². The lowest BCUT2D eigenvalue weighted by Gasteiger charge is -2.55. The summed E-state index contributed by atoms with van der Waals surface area (Å²) in [5.74, 6) is -0.0640. The van der Waals surface area contributed by atoms with Gasteiger partial charge in [0.1, 0.15) is 5.82 Å². The molecule has 2 fully saturated rings. The van der Waals surface area contributed by atoms with E-state index in [1.54, 1.807) is 24.5 Å². The Bertz CT molecular complexity index is 1320. The summed E-state index contributed by atoms with van der Waals surface area (Å²) in [6.07, 6.45) is 5.55. The Morgan fingerprint density at radius 1 is 1.03 bits per heavy atom. The van der Waals surface area contributed by atoms with Gasteiger partial charge in [-0.25, -0.2) is 9.18 Å². The van der Waals surface area contributed by atoms with Crippen LogP contribution in [0.25, 0.3) is 22.4 Å². The number of aromatic nitrogens is 2. The van der Waals surface area contributed by atoms with Gasteiger partial charge in [-0.1, -0.05) is 30.3 Å².